The fourth-order valence-corrected chi connectivity index (χ4v) is 2.14. The van der Waals surface area contributed by atoms with Crippen molar-refractivity contribution in [1.82, 2.24) is 0 Å². The molecule has 0 radical (unpaired) electrons. The molecule has 0 N–H and O–H groups in total. The molecule has 0 saturated heterocycles. The first-order chi connectivity index (χ1) is 9.51. The summed E-state index contributed by atoms with van der Waals surface area (Å²) in [5.74, 6) is 1.64. The summed E-state index contributed by atoms with van der Waals surface area (Å²) < 4.78 is 0. The van der Waals surface area contributed by atoms with Crippen molar-refractivity contribution in [3.63, 3.8) is 0 Å². The maximum atomic E-state index is 2.36. The number of hydrogen-bond acceptors (Lipinski definition) is 0. The number of allylic oxidation sites excluding steroid dienone is 8. The summed E-state index contributed by atoms with van der Waals surface area (Å²) in [6, 6.07) is 0. The van der Waals surface area contributed by atoms with Crippen LogP contribution in [0.1, 0.15) is 67.2 Å². The molecule has 0 nitrogen and oxygen atoms in total. The minimum Gasteiger partial charge on any atom is -0.0871 e. The zero-order chi connectivity index (χ0) is 15.4. The zero-order valence-corrected chi connectivity index (χ0v) is 14.4. The van der Waals surface area contributed by atoms with Crippen molar-refractivity contribution >= 4 is 0 Å². The van der Waals surface area contributed by atoms with Gasteiger partial charge in [-0.15, -0.1) is 0 Å². The molecular formula is C20H34. The smallest absolute Gasteiger partial charge is 0.0234 e. The van der Waals surface area contributed by atoms with Gasteiger partial charge in [0.25, 0.3) is 0 Å². The lowest BCUT2D eigenvalue weighted by atomic mass is 9.97. The van der Waals surface area contributed by atoms with Crippen LogP contribution in [-0.2, 0) is 0 Å². The van der Waals surface area contributed by atoms with E-state index >= 15 is 0 Å². The number of hydrogen-bond donors (Lipinski definition) is 0. The van der Waals surface area contributed by atoms with Crippen LogP contribution in [0.15, 0.2) is 47.6 Å². The van der Waals surface area contributed by atoms with Gasteiger partial charge in [-0.25, -0.2) is 0 Å². The molecule has 0 aliphatic rings. The van der Waals surface area contributed by atoms with Crippen LogP contribution in [0.4, 0.5) is 0 Å². The van der Waals surface area contributed by atoms with Gasteiger partial charge in [0, 0.05) is 0 Å². The molecule has 0 aliphatic heterocycles. The molecule has 0 fully saturated rings. The Kier molecular flexibility index (Phi) is 11.1. The average Bonchev–Trinajstić information content (AvgIpc) is 2.41. The molecule has 20 heavy (non-hydrogen) atoms. The van der Waals surface area contributed by atoms with Crippen molar-refractivity contribution in [2.24, 2.45) is 11.8 Å². The molecular weight excluding hydrogens is 240 g/mol. The van der Waals surface area contributed by atoms with Crippen molar-refractivity contribution in [3.05, 3.63) is 47.6 Å². The molecule has 0 heterocycles. The molecule has 0 amide bonds. The quantitative estimate of drug-likeness (QED) is 0.403. The van der Waals surface area contributed by atoms with Gasteiger partial charge in [-0.3, -0.25) is 0 Å². The van der Waals surface area contributed by atoms with Gasteiger partial charge in [0.15, 0.2) is 0 Å². The van der Waals surface area contributed by atoms with Crippen LogP contribution in [0.5, 0.6) is 0 Å². The molecule has 0 rings (SSSR count). The van der Waals surface area contributed by atoms with Crippen molar-refractivity contribution in [1.29, 1.82) is 0 Å². The summed E-state index contributed by atoms with van der Waals surface area (Å²) in [7, 11) is 0. The fraction of sp³-hybridized carbons (Fsp3) is 0.600. The van der Waals surface area contributed by atoms with Crippen LogP contribution in [0.3, 0.4) is 0 Å². The van der Waals surface area contributed by atoms with E-state index in [1.165, 1.54) is 36.8 Å². The molecule has 0 saturated carbocycles. The summed E-state index contributed by atoms with van der Waals surface area (Å²) in [5.41, 5.74) is 2.64. The highest BCUT2D eigenvalue weighted by molar-refractivity contribution is 5.40. The highest BCUT2D eigenvalue weighted by Gasteiger charge is 2.00. The van der Waals surface area contributed by atoms with Gasteiger partial charge < -0.3 is 0 Å². The lowest BCUT2D eigenvalue weighted by Crippen LogP contribution is -1.95. The third-order valence-electron chi connectivity index (χ3n) is 3.66. The average molecular weight is 274 g/mol. The second kappa shape index (κ2) is 11.8. The third kappa shape index (κ3) is 9.83. The highest BCUT2D eigenvalue weighted by atomic mass is 14.1. The van der Waals surface area contributed by atoms with E-state index in [0.29, 0.717) is 0 Å². The second-order valence-electron chi connectivity index (χ2n) is 6.19. The summed E-state index contributed by atoms with van der Waals surface area (Å²) in [4.78, 5) is 0. The molecule has 0 aromatic heterocycles. The molecule has 1 unspecified atom stereocenters. The molecule has 0 aliphatic carbocycles. The van der Waals surface area contributed by atoms with Crippen LogP contribution in [0.25, 0.3) is 0 Å². The van der Waals surface area contributed by atoms with Gasteiger partial charge in [0.05, 0.1) is 0 Å². The standard InChI is InChI=1S/C20H34/c1-7-12-20(19(6)8-2)16-10-9-14-18(5)15-11-13-17(3)4/h7-10,12,16-18H,11,13-15H2,1-6H3/b10-9?,12-7-,19-8+,20-16+. The number of rotatable bonds is 9. The highest BCUT2D eigenvalue weighted by Crippen LogP contribution is 2.16. The van der Waals surface area contributed by atoms with Crippen LogP contribution < -0.4 is 0 Å². The minimum absolute atomic E-state index is 0.798. The van der Waals surface area contributed by atoms with E-state index in [4.69, 9.17) is 0 Å². The largest absolute Gasteiger partial charge is 0.0871 e. The Hall–Kier alpha value is -1.04. The summed E-state index contributed by atoms with van der Waals surface area (Å²) in [6.07, 6.45) is 18.4. The van der Waals surface area contributed by atoms with E-state index in [1.54, 1.807) is 0 Å². The Labute approximate surface area is 127 Å². The van der Waals surface area contributed by atoms with E-state index < -0.39 is 0 Å². The van der Waals surface area contributed by atoms with Gasteiger partial charge in [-0.05, 0) is 50.2 Å². The zero-order valence-electron chi connectivity index (χ0n) is 14.4. The van der Waals surface area contributed by atoms with Crippen molar-refractivity contribution in [3.8, 4) is 0 Å². The normalized spacial score (nSPS) is 15.8. The van der Waals surface area contributed by atoms with Crippen LogP contribution in [0, 0.1) is 11.8 Å². The van der Waals surface area contributed by atoms with Crippen LogP contribution >= 0.6 is 0 Å². The Morgan fingerprint density at radius 1 is 1.05 bits per heavy atom. The molecule has 0 aromatic carbocycles. The predicted octanol–water partition coefficient (Wildman–Crippen LogP) is 6.86. The Morgan fingerprint density at radius 3 is 2.30 bits per heavy atom. The molecule has 0 bridgehead atoms. The Morgan fingerprint density at radius 2 is 1.75 bits per heavy atom. The van der Waals surface area contributed by atoms with E-state index in [0.717, 1.165) is 11.8 Å². The van der Waals surface area contributed by atoms with Gasteiger partial charge >= 0.3 is 0 Å². The topological polar surface area (TPSA) is 0 Å². The van der Waals surface area contributed by atoms with E-state index in [9.17, 15) is 0 Å². The SMILES string of the molecule is C\C=C/C(=C\C=CCC(C)CCCC(C)C)C(/C)=C/C. The van der Waals surface area contributed by atoms with Crippen molar-refractivity contribution in [2.75, 3.05) is 0 Å². The van der Waals surface area contributed by atoms with Crippen LogP contribution in [0.2, 0.25) is 0 Å². The maximum Gasteiger partial charge on any atom is -0.0234 e. The van der Waals surface area contributed by atoms with E-state index in [1.807, 2.05) is 0 Å². The lowest BCUT2D eigenvalue weighted by molar-refractivity contribution is 0.461. The summed E-state index contributed by atoms with van der Waals surface area (Å²) in [6.45, 7) is 13.3. The Balaban J connectivity index is 4.21. The van der Waals surface area contributed by atoms with Crippen molar-refractivity contribution in [2.45, 2.75) is 67.2 Å². The third-order valence-corrected chi connectivity index (χ3v) is 3.66. The molecule has 114 valence electrons. The minimum atomic E-state index is 0.798. The summed E-state index contributed by atoms with van der Waals surface area (Å²) >= 11 is 0. The molecule has 0 spiro atoms. The molecule has 1 atom stereocenters. The predicted molar refractivity (Wildman–Crippen MR) is 93.9 cm³/mol. The van der Waals surface area contributed by atoms with Gasteiger partial charge in [-0.1, -0.05) is 76.5 Å². The first kappa shape index (κ1) is 19.0. The van der Waals surface area contributed by atoms with Crippen molar-refractivity contribution < 1.29 is 0 Å². The van der Waals surface area contributed by atoms with E-state index in [-0.39, 0.29) is 0 Å². The monoisotopic (exact) mass is 274 g/mol. The van der Waals surface area contributed by atoms with Crippen LogP contribution in [-0.4, -0.2) is 0 Å². The summed E-state index contributed by atoms with van der Waals surface area (Å²) in [5, 5.41) is 0. The fourth-order valence-electron chi connectivity index (χ4n) is 2.14. The van der Waals surface area contributed by atoms with Gasteiger partial charge in [0.2, 0.25) is 0 Å². The molecule has 0 aromatic rings. The Bertz CT molecular complexity index is 350. The van der Waals surface area contributed by atoms with Gasteiger partial charge in [-0.2, -0.15) is 0 Å². The lowest BCUT2D eigenvalue weighted by Gasteiger charge is -2.09. The first-order valence-corrected chi connectivity index (χ1v) is 8.14. The van der Waals surface area contributed by atoms with Gasteiger partial charge in [0.1, 0.15) is 0 Å². The second-order valence-corrected chi connectivity index (χ2v) is 6.19. The maximum absolute atomic E-state index is 2.36. The van der Waals surface area contributed by atoms with E-state index in [2.05, 4.69) is 78.0 Å². The first-order valence-electron chi connectivity index (χ1n) is 8.14. The molecule has 0 heteroatoms.